The van der Waals surface area contributed by atoms with Crippen molar-refractivity contribution in [1.29, 1.82) is 0 Å². The SMILES string of the molecule is COc1ccc(N(C)CC(C)CCN)cc1Br. The van der Waals surface area contributed by atoms with Crippen molar-refractivity contribution < 1.29 is 4.74 Å². The fourth-order valence-corrected chi connectivity index (χ4v) is 2.37. The molecular formula is C13H21BrN2O. The van der Waals surface area contributed by atoms with Gasteiger partial charge in [-0.15, -0.1) is 0 Å². The van der Waals surface area contributed by atoms with Crippen molar-refractivity contribution in [2.45, 2.75) is 13.3 Å². The molecule has 0 bridgehead atoms. The van der Waals surface area contributed by atoms with Crippen molar-refractivity contribution in [2.75, 3.05) is 32.1 Å². The third-order valence-corrected chi connectivity index (χ3v) is 3.44. The van der Waals surface area contributed by atoms with Crippen LogP contribution in [-0.4, -0.2) is 27.2 Å². The van der Waals surface area contributed by atoms with E-state index in [1.54, 1.807) is 7.11 Å². The number of nitrogens with zero attached hydrogens (tertiary/aromatic N) is 1. The van der Waals surface area contributed by atoms with Crippen LogP contribution in [0, 0.1) is 5.92 Å². The zero-order valence-corrected chi connectivity index (χ0v) is 12.3. The Bertz CT molecular complexity index is 357. The molecule has 0 amide bonds. The molecule has 1 aromatic rings. The number of hydrogen-bond donors (Lipinski definition) is 1. The summed E-state index contributed by atoms with van der Waals surface area (Å²) in [5.41, 5.74) is 6.75. The Morgan fingerprint density at radius 1 is 1.47 bits per heavy atom. The number of benzene rings is 1. The van der Waals surface area contributed by atoms with E-state index in [1.165, 1.54) is 5.69 Å². The summed E-state index contributed by atoms with van der Waals surface area (Å²) >= 11 is 3.50. The maximum absolute atomic E-state index is 5.56. The topological polar surface area (TPSA) is 38.5 Å². The van der Waals surface area contributed by atoms with Crippen LogP contribution in [0.25, 0.3) is 0 Å². The zero-order valence-electron chi connectivity index (χ0n) is 10.7. The highest BCUT2D eigenvalue weighted by Gasteiger charge is 2.08. The van der Waals surface area contributed by atoms with Gasteiger partial charge in [-0.05, 0) is 53.0 Å². The molecule has 2 N–H and O–H groups in total. The minimum atomic E-state index is 0.603. The second kappa shape index (κ2) is 6.87. The Labute approximate surface area is 112 Å². The first-order chi connectivity index (χ1) is 8.08. The molecular weight excluding hydrogens is 280 g/mol. The maximum Gasteiger partial charge on any atom is 0.133 e. The quantitative estimate of drug-likeness (QED) is 0.878. The van der Waals surface area contributed by atoms with Crippen molar-refractivity contribution in [3.63, 3.8) is 0 Å². The third-order valence-electron chi connectivity index (χ3n) is 2.82. The molecule has 0 radical (unpaired) electrons. The first-order valence-corrected chi connectivity index (χ1v) is 6.62. The molecule has 1 atom stereocenters. The standard InChI is InChI=1S/C13H21BrN2O/c1-10(6-7-15)9-16(2)11-4-5-13(17-3)12(14)8-11/h4-5,8,10H,6-7,9,15H2,1-3H3. The van der Waals surface area contributed by atoms with Crippen LogP contribution in [0.4, 0.5) is 5.69 Å². The van der Waals surface area contributed by atoms with E-state index in [9.17, 15) is 0 Å². The largest absolute Gasteiger partial charge is 0.496 e. The Morgan fingerprint density at radius 2 is 2.18 bits per heavy atom. The lowest BCUT2D eigenvalue weighted by Crippen LogP contribution is -2.25. The summed E-state index contributed by atoms with van der Waals surface area (Å²) in [5, 5.41) is 0. The van der Waals surface area contributed by atoms with Gasteiger partial charge in [0.1, 0.15) is 5.75 Å². The Hall–Kier alpha value is -0.740. The summed E-state index contributed by atoms with van der Waals surface area (Å²) in [6.45, 7) is 3.99. The summed E-state index contributed by atoms with van der Waals surface area (Å²) in [6, 6.07) is 6.12. The minimum absolute atomic E-state index is 0.603. The molecule has 0 aromatic heterocycles. The van der Waals surface area contributed by atoms with Crippen LogP contribution in [0.15, 0.2) is 22.7 Å². The van der Waals surface area contributed by atoms with Gasteiger partial charge in [0.15, 0.2) is 0 Å². The molecule has 0 aliphatic heterocycles. The number of ether oxygens (including phenoxy) is 1. The molecule has 0 fully saturated rings. The van der Waals surface area contributed by atoms with Crippen molar-refractivity contribution in [3.05, 3.63) is 22.7 Å². The zero-order chi connectivity index (χ0) is 12.8. The predicted octanol–water partition coefficient (Wildman–Crippen LogP) is 2.88. The molecule has 1 unspecified atom stereocenters. The van der Waals surface area contributed by atoms with Gasteiger partial charge in [0.2, 0.25) is 0 Å². The van der Waals surface area contributed by atoms with Crippen molar-refractivity contribution in [1.82, 2.24) is 0 Å². The van der Waals surface area contributed by atoms with Crippen molar-refractivity contribution in [3.8, 4) is 5.75 Å². The van der Waals surface area contributed by atoms with Gasteiger partial charge in [-0.1, -0.05) is 6.92 Å². The van der Waals surface area contributed by atoms with E-state index in [4.69, 9.17) is 10.5 Å². The maximum atomic E-state index is 5.56. The van der Waals surface area contributed by atoms with Crippen LogP contribution in [-0.2, 0) is 0 Å². The Kier molecular flexibility index (Phi) is 5.78. The molecule has 3 nitrogen and oxygen atoms in total. The van der Waals surface area contributed by atoms with Crippen LogP contribution < -0.4 is 15.4 Å². The van der Waals surface area contributed by atoms with Crippen LogP contribution in [0.3, 0.4) is 0 Å². The van der Waals surface area contributed by atoms with E-state index in [0.717, 1.165) is 29.7 Å². The molecule has 1 rings (SSSR count). The molecule has 96 valence electrons. The molecule has 4 heteroatoms. The smallest absolute Gasteiger partial charge is 0.133 e. The van der Waals surface area contributed by atoms with Crippen molar-refractivity contribution >= 4 is 21.6 Å². The van der Waals surface area contributed by atoms with E-state index in [2.05, 4.69) is 46.9 Å². The van der Waals surface area contributed by atoms with Gasteiger partial charge in [-0.3, -0.25) is 0 Å². The normalized spacial score (nSPS) is 12.3. The first kappa shape index (κ1) is 14.3. The van der Waals surface area contributed by atoms with Gasteiger partial charge in [-0.2, -0.15) is 0 Å². The van der Waals surface area contributed by atoms with Crippen LogP contribution in [0.2, 0.25) is 0 Å². The highest BCUT2D eigenvalue weighted by molar-refractivity contribution is 9.10. The third kappa shape index (κ3) is 4.21. The lowest BCUT2D eigenvalue weighted by atomic mass is 10.1. The molecule has 1 aromatic carbocycles. The summed E-state index contributed by atoms with van der Waals surface area (Å²) in [5.74, 6) is 1.46. The lowest BCUT2D eigenvalue weighted by Gasteiger charge is -2.23. The van der Waals surface area contributed by atoms with Crippen LogP contribution >= 0.6 is 15.9 Å². The summed E-state index contributed by atoms with van der Waals surface area (Å²) < 4.78 is 6.20. The van der Waals surface area contributed by atoms with E-state index < -0.39 is 0 Å². The number of rotatable bonds is 6. The Balaban J connectivity index is 2.69. The summed E-state index contributed by atoms with van der Waals surface area (Å²) in [6.07, 6.45) is 1.06. The molecule has 0 heterocycles. The molecule has 0 saturated heterocycles. The second-order valence-electron chi connectivity index (χ2n) is 4.38. The number of nitrogens with two attached hydrogens (primary N) is 1. The van der Waals surface area contributed by atoms with E-state index in [0.29, 0.717) is 5.92 Å². The fourth-order valence-electron chi connectivity index (χ4n) is 1.84. The van der Waals surface area contributed by atoms with E-state index >= 15 is 0 Å². The van der Waals surface area contributed by atoms with Gasteiger partial charge >= 0.3 is 0 Å². The predicted molar refractivity (Wildman–Crippen MR) is 76.8 cm³/mol. The molecule has 0 aliphatic carbocycles. The van der Waals surface area contributed by atoms with Crippen molar-refractivity contribution in [2.24, 2.45) is 11.7 Å². The van der Waals surface area contributed by atoms with Gasteiger partial charge in [0.05, 0.1) is 11.6 Å². The number of methoxy groups -OCH3 is 1. The average Bonchev–Trinajstić information content (AvgIpc) is 2.29. The van der Waals surface area contributed by atoms with Gasteiger partial charge in [0, 0.05) is 19.3 Å². The van der Waals surface area contributed by atoms with Crippen LogP contribution in [0.5, 0.6) is 5.75 Å². The fraction of sp³-hybridized carbons (Fsp3) is 0.538. The summed E-state index contributed by atoms with van der Waals surface area (Å²) in [7, 11) is 3.77. The number of hydrogen-bond acceptors (Lipinski definition) is 3. The number of halogens is 1. The van der Waals surface area contributed by atoms with Gasteiger partial charge < -0.3 is 15.4 Å². The minimum Gasteiger partial charge on any atom is -0.496 e. The Morgan fingerprint density at radius 3 is 2.71 bits per heavy atom. The van der Waals surface area contributed by atoms with E-state index in [-0.39, 0.29) is 0 Å². The second-order valence-corrected chi connectivity index (χ2v) is 5.24. The molecule has 0 saturated carbocycles. The lowest BCUT2D eigenvalue weighted by molar-refractivity contribution is 0.412. The first-order valence-electron chi connectivity index (χ1n) is 5.83. The van der Waals surface area contributed by atoms with E-state index in [1.807, 2.05) is 6.07 Å². The monoisotopic (exact) mass is 300 g/mol. The molecule has 0 aliphatic rings. The number of anilines is 1. The highest BCUT2D eigenvalue weighted by atomic mass is 79.9. The summed E-state index contributed by atoms with van der Waals surface area (Å²) in [4.78, 5) is 2.24. The average molecular weight is 301 g/mol. The highest BCUT2D eigenvalue weighted by Crippen LogP contribution is 2.29. The molecule has 17 heavy (non-hydrogen) atoms. The molecule has 0 spiro atoms. The van der Waals surface area contributed by atoms with Crippen LogP contribution in [0.1, 0.15) is 13.3 Å². The van der Waals surface area contributed by atoms with Gasteiger partial charge in [0.25, 0.3) is 0 Å². The van der Waals surface area contributed by atoms with Gasteiger partial charge in [-0.25, -0.2) is 0 Å².